The van der Waals surface area contributed by atoms with Crippen LogP contribution in [0, 0.1) is 27.9 Å². The number of nitro groups is 1. The molecule has 0 heterocycles. The predicted molar refractivity (Wildman–Crippen MR) is 109 cm³/mol. The summed E-state index contributed by atoms with van der Waals surface area (Å²) in [5, 5.41) is 10.6. The van der Waals surface area contributed by atoms with E-state index in [0.29, 0.717) is 17.8 Å². The Hall–Kier alpha value is -2.77. The van der Waals surface area contributed by atoms with Crippen molar-refractivity contribution in [1.29, 1.82) is 0 Å². The minimum Gasteiger partial charge on any atom is -0.462 e. The SMILES string of the molecule is CC(C)[C@H]1CC[C@H](C)C[C@@H]1OC(=O)CCC(=O)OCC(=O)c1ccc([N+](=O)[O-])cc1. The second-order valence-corrected chi connectivity index (χ2v) is 8.24. The zero-order chi connectivity index (χ0) is 22.3. The van der Waals surface area contributed by atoms with Crippen LogP contribution >= 0.6 is 0 Å². The third-order valence-electron chi connectivity index (χ3n) is 5.54. The van der Waals surface area contributed by atoms with Gasteiger partial charge in [-0.05, 0) is 42.7 Å². The molecule has 1 aromatic rings. The van der Waals surface area contributed by atoms with Crippen molar-refractivity contribution in [2.24, 2.45) is 17.8 Å². The maximum Gasteiger partial charge on any atom is 0.306 e. The highest BCUT2D eigenvalue weighted by Crippen LogP contribution is 2.35. The fraction of sp³-hybridized carbons (Fsp3) is 0.591. The second kappa shape index (κ2) is 10.8. The molecule has 0 unspecified atom stereocenters. The standard InChI is InChI=1S/C22H29NO7/c1-14(2)18-9-4-15(3)12-20(18)30-22(26)11-10-21(25)29-13-19(24)16-5-7-17(8-6-16)23(27)28/h5-8,14-15,18,20H,4,9-13H2,1-3H3/t15-,18+,20-/m0/s1. The quantitative estimate of drug-likeness (QED) is 0.256. The van der Waals surface area contributed by atoms with Crippen LogP contribution in [-0.2, 0) is 19.1 Å². The van der Waals surface area contributed by atoms with Gasteiger partial charge in [0.25, 0.3) is 5.69 Å². The molecule has 1 fully saturated rings. The molecule has 3 atom stereocenters. The third kappa shape index (κ3) is 6.93. The average molecular weight is 419 g/mol. The summed E-state index contributed by atoms with van der Waals surface area (Å²) in [5.74, 6) is -0.315. The molecule has 0 aromatic heterocycles. The number of hydrogen-bond donors (Lipinski definition) is 0. The number of non-ortho nitro benzene ring substituents is 1. The summed E-state index contributed by atoms with van der Waals surface area (Å²) in [6, 6.07) is 5.03. The fourth-order valence-corrected chi connectivity index (χ4v) is 3.75. The fourth-order valence-electron chi connectivity index (χ4n) is 3.75. The van der Waals surface area contributed by atoms with Crippen molar-refractivity contribution in [2.45, 2.75) is 59.0 Å². The first-order valence-corrected chi connectivity index (χ1v) is 10.3. The molecule has 30 heavy (non-hydrogen) atoms. The summed E-state index contributed by atoms with van der Waals surface area (Å²) in [4.78, 5) is 46.1. The van der Waals surface area contributed by atoms with E-state index < -0.39 is 29.3 Å². The predicted octanol–water partition coefficient (Wildman–Crippen LogP) is 4.10. The molecular weight excluding hydrogens is 390 g/mol. The molecular formula is C22H29NO7. The Kier molecular flexibility index (Phi) is 8.50. The molecule has 0 amide bonds. The van der Waals surface area contributed by atoms with Gasteiger partial charge < -0.3 is 9.47 Å². The lowest BCUT2D eigenvalue weighted by molar-refractivity contribution is -0.384. The van der Waals surface area contributed by atoms with Crippen LogP contribution in [0.15, 0.2) is 24.3 Å². The maximum absolute atomic E-state index is 12.2. The van der Waals surface area contributed by atoms with E-state index in [2.05, 4.69) is 20.8 Å². The summed E-state index contributed by atoms with van der Waals surface area (Å²) in [7, 11) is 0. The molecule has 1 saturated carbocycles. The molecule has 1 aliphatic rings. The van der Waals surface area contributed by atoms with Crippen LogP contribution in [0.1, 0.15) is 63.2 Å². The van der Waals surface area contributed by atoms with E-state index in [1.165, 1.54) is 24.3 Å². The number of ether oxygens (including phenoxy) is 2. The molecule has 0 N–H and O–H groups in total. The van der Waals surface area contributed by atoms with Gasteiger partial charge in [-0.1, -0.05) is 27.2 Å². The van der Waals surface area contributed by atoms with Gasteiger partial charge in [0.15, 0.2) is 12.4 Å². The summed E-state index contributed by atoms with van der Waals surface area (Å²) < 4.78 is 10.6. The number of ketones is 1. The summed E-state index contributed by atoms with van der Waals surface area (Å²) >= 11 is 0. The largest absolute Gasteiger partial charge is 0.462 e. The van der Waals surface area contributed by atoms with Crippen LogP contribution in [-0.4, -0.2) is 35.4 Å². The highest BCUT2D eigenvalue weighted by atomic mass is 16.6. The van der Waals surface area contributed by atoms with Crippen molar-refractivity contribution < 1.29 is 28.8 Å². The molecule has 0 spiro atoms. The first-order valence-electron chi connectivity index (χ1n) is 10.3. The summed E-state index contributed by atoms with van der Waals surface area (Å²) in [6.07, 6.45) is 2.61. The number of carbonyl (C=O) groups is 3. The van der Waals surface area contributed by atoms with Crippen molar-refractivity contribution in [1.82, 2.24) is 0 Å². The first kappa shape index (κ1) is 23.5. The van der Waals surface area contributed by atoms with E-state index in [1.54, 1.807) is 0 Å². The van der Waals surface area contributed by atoms with Gasteiger partial charge in [0, 0.05) is 17.7 Å². The monoisotopic (exact) mass is 419 g/mol. The van der Waals surface area contributed by atoms with Gasteiger partial charge >= 0.3 is 11.9 Å². The Labute approximate surface area is 176 Å². The van der Waals surface area contributed by atoms with Gasteiger partial charge in [-0.15, -0.1) is 0 Å². The van der Waals surface area contributed by atoms with Gasteiger partial charge in [-0.25, -0.2) is 0 Å². The van der Waals surface area contributed by atoms with E-state index in [4.69, 9.17) is 9.47 Å². The van der Waals surface area contributed by atoms with Crippen LogP contribution < -0.4 is 0 Å². The lowest BCUT2D eigenvalue weighted by atomic mass is 9.75. The van der Waals surface area contributed by atoms with E-state index in [1.807, 2.05) is 0 Å². The van der Waals surface area contributed by atoms with Crippen LogP contribution in [0.4, 0.5) is 5.69 Å². The van der Waals surface area contributed by atoms with E-state index >= 15 is 0 Å². The smallest absolute Gasteiger partial charge is 0.306 e. The van der Waals surface area contributed by atoms with E-state index in [9.17, 15) is 24.5 Å². The van der Waals surface area contributed by atoms with Crippen LogP contribution in [0.25, 0.3) is 0 Å². The molecule has 164 valence electrons. The number of hydrogen-bond acceptors (Lipinski definition) is 7. The lowest BCUT2D eigenvalue weighted by Crippen LogP contribution is -2.36. The minimum absolute atomic E-state index is 0.0970. The Morgan fingerprint density at radius 2 is 1.73 bits per heavy atom. The molecule has 0 aliphatic heterocycles. The van der Waals surface area contributed by atoms with Crippen LogP contribution in [0.2, 0.25) is 0 Å². The van der Waals surface area contributed by atoms with Crippen molar-refractivity contribution in [3.05, 3.63) is 39.9 Å². The summed E-state index contributed by atoms with van der Waals surface area (Å²) in [5.41, 5.74) is 0.0769. The van der Waals surface area contributed by atoms with Gasteiger partial charge in [-0.3, -0.25) is 24.5 Å². The Balaban J connectivity index is 1.75. The van der Waals surface area contributed by atoms with Crippen LogP contribution in [0.5, 0.6) is 0 Å². The lowest BCUT2D eigenvalue weighted by Gasteiger charge is -2.36. The number of nitro benzene ring substituents is 1. The molecule has 0 saturated heterocycles. The molecule has 8 nitrogen and oxygen atoms in total. The average Bonchev–Trinajstić information content (AvgIpc) is 2.70. The molecule has 1 aliphatic carbocycles. The highest BCUT2D eigenvalue weighted by molar-refractivity contribution is 5.98. The molecule has 0 radical (unpaired) electrons. The van der Waals surface area contributed by atoms with E-state index in [-0.39, 0.29) is 30.2 Å². The molecule has 1 aromatic carbocycles. The van der Waals surface area contributed by atoms with Crippen molar-refractivity contribution in [3.63, 3.8) is 0 Å². The zero-order valence-electron chi connectivity index (χ0n) is 17.7. The number of benzene rings is 1. The maximum atomic E-state index is 12.2. The second-order valence-electron chi connectivity index (χ2n) is 8.24. The van der Waals surface area contributed by atoms with Crippen molar-refractivity contribution in [3.8, 4) is 0 Å². The molecule has 0 bridgehead atoms. The van der Waals surface area contributed by atoms with Gasteiger partial charge in [0.05, 0.1) is 17.8 Å². The molecule has 2 rings (SSSR count). The third-order valence-corrected chi connectivity index (χ3v) is 5.54. The zero-order valence-corrected chi connectivity index (χ0v) is 17.7. The highest BCUT2D eigenvalue weighted by Gasteiger charge is 2.33. The van der Waals surface area contributed by atoms with Gasteiger partial charge in [0.1, 0.15) is 6.10 Å². The number of Topliss-reactive ketones (excluding diaryl/α,β-unsaturated/α-hetero) is 1. The first-order chi connectivity index (χ1) is 14.2. The van der Waals surface area contributed by atoms with Crippen molar-refractivity contribution in [2.75, 3.05) is 6.61 Å². The number of carbonyl (C=O) groups excluding carboxylic acids is 3. The number of esters is 2. The van der Waals surface area contributed by atoms with Crippen LogP contribution in [0.3, 0.4) is 0 Å². The number of rotatable bonds is 9. The Morgan fingerprint density at radius 1 is 1.10 bits per heavy atom. The van der Waals surface area contributed by atoms with Gasteiger partial charge in [0.2, 0.25) is 0 Å². The Bertz CT molecular complexity index is 772. The minimum atomic E-state index is -0.667. The van der Waals surface area contributed by atoms with Gasteiger partial charge in [-0.2, -0.15) is 0 Å². The summed E-state index contributed by atoms with van der Waals surface area (Å²) in [6.45, 7) is 5.92. The number of nitrogens with zero attached hydrogens (tertiary/aromatic N) is 1. The van der Waals surface area contributed by atoms with Crippen molar-refractivity contribution >= 4 is 23.4 Å². The van der Waals surface area contributed by atoms with E-state index in [0.717, 1.165) is 19.3 Å². The Morgan fingerprint density at radius 3 is 2.33 bits per heavy atom. The normalized spacial score (nSPS) is 21.1. The molecule has 8 heteroatoms. The topological polar surface area (TPSA) is 113 Å².